The van der Waals surface area contributed by atoms with Gasteiger partial charge in [-0.3, -0.25) is 0 Å². The molecule has 0 bridgehead atoms. The second-order valence-corrected chi connectivity index (χ2v) is 5.42. The Morgan fingerprint density at radius 3 is 2.59 bits per heavy atom. The molecular weight excluding hydrogens is 212 g/mol. The van der Waals surface area contributed by atoms with E-state index in [1.165, 1.54) is 50.8 Å². The van der Waals surface area contributed by atoms with Crippen molar-refractivity contribution in [2.75, 3.05) is 6.54 Å². The summed E-state index contributed by atoms with van der Waals surface area (Å²) in [6, 6.07) is 1.09. The van der Waals surface area contributed by atoms with Crippen molar-refractivity contribution in [1.82, 2.24) is 20.1 Å². The summed E-state index contributed by atoms with van der Waals surface area (Å²) in [4.78, 5) is 0. The normalized spacial score (nSPS) is 26.5. The quantitative estimate of drug-likeness (QED) is 0.855. The lowest BCUT2D eigenvalue weighted by Gasteiger charge is -2.26. The van der Waals surface area contributed by atoms with Crippen LogP contribution in [0.2, 0.25) is 0 Å². The van der Waals surface area contributed by atoms with Gasteiger partial charge >= 0.3 is 0 Å². The zero-order chi connectivity index (χ0) is 11.7. The minimum atomic E-state index is 0.443. The third kappa shape index (κ3) is 2.10. The van der Waals surface area contributed by atoms with Gasteiger partial charge in [-0.2, -0.15) is 0 Å². The number of hydrogen-bond donors (Lipinski definition) is 1. The summed E-state index contributed by atoms with van der Waals surface area (Å²) < 4.78 is 2.42. The van der Waals surface area contributed by atoms with Crippen LogP contribution in [0.1, 0.15) is 68.7 Å². The standard InChI is InChI=1S/C13H22N4/c1-10-15-16-13(12-8-5-9-14-12)17(10)11-6-3-2-4-7-11/h11-12,14H,2-9H2,1H3/t12-/m1/s1. The van der Waals surface area contributed by atoms with E-state index in [-0.39, 0.29) is 0 Å². The van der Waals surface area contributed by atoms with Crippen LogP contribution >= 0.6 is 0 Å². The third-order valence-corrected chi connectivity index (χ3v) is 4.20. The van der Waals surface area contributed by atoms with Crippen molar-refractivity contribution < 1.29 is 0 Å². The molecule has 1 atom stereocenters. The molecule has 94 valence electrons. The molecular formula is C13H22N4. The first-order valence-corrected chi connectivity index (χ1v) is 7.01. The Labute approximate surface area is 103 Å². The van der Waals surface area contributed by atoms with E-state index in [1.807, 2.05) is 0 Å². The highest BCUT2D eigenvalue weighted by molar-refractivity contribution is 5.04. The van der Waals surface area contributed by atoms with Crippen LogP contribution in [0.5, 0.6) is 0 Å². The molecule has 1 aliphatic heterocycles. The van der Waals surface area contributed by atoms with Gasteiger partial charge < -0.3 is 9.88 Å². The molecule has 2 fully saturated rings. The number of aromatic nitrogens is 3. The Morgan fingerprint density at radius 2 is 1.88 bits per heavy atom. The van der Waals surface area contributed by atoms with Gasteiger partial charge in [0.25, 0.3) is 0 Å². The monoisotopic (exact) mass is 234 g/mol. The first-order valence-electron chi connectivity index (χ1n) is 7.01. The minimum absolute atomic E-state index is 0.443. The van der Waals surface area contributed by atoms with Crippen LogP contribution in [0, 0.1) is 6.92 Å². The summed E-state index contributed by atoms with van der Waals surface area (Å²) in [6.45, 7) is 3.22. The van der Waals surface area contributed by atoms with Gasteiger partial charge in [0.15, 0.2) is 0 Å². The van der Waals surface area contributed by atoms with E-state index in [0.717, 1.165) is 12.4 Å². The van der Waals surface area contributed by atoms with E-state index in [2.05, 4.69) is 27.0 Å². The van der Waals surface area contributed by atoms with E-state index in [1.54, 1.807) is 0 Å². The van der Waals surface area contributed by atoms with Crippen molar-refractivity contribution in [2.45, 2.75) is 64.0 Å². The predicted molar refractivity (Wildman–Crippen MR) is 66.9 cm³/mol. The Kier molecular flexibility index (Phi) is 3.14. The molecule has 4 heteroatoms. The van der Waals surface area contributed by atoms with E-state index >= 15 is 0 Å². The molecule has 0 unspecified atom stereocenters. The number of hydrogen-bond acceptors (Lipinski definition) is 3. The number of aryl methyl sites for hydroxylation is 1. The Hall–Kier alpha value is -0.900. The average molecular weight is 234 g/mol. The smallest absolute Gasteiger partial charge is 0.150 e. The Morgan fingerprint density at radius 1 is 1.06 bits per heavy atom. The van der Waals surface area contributed by atoms with Crippen LogP contribution in [0.25, 0.3) is 0 Å². The fraction of sp³-hybridized carbons (Fsp3) is 0.846. The summed E-state index contributed by atoms with van der Waals surface area (Å²) in [5, 5.41) is 12.3. The second kappa shape index (κ2) is 4.77. The number of nitrogens with zero attached hydrogens (tertiary/aromatic N) is 3. The molecule has 1 saturated heterocycles. The topological polar surface area (TPSA) is 42.7 Å². The first kappa shape index (κ1) is 11.2. The van der Waals surface area contributed by atoms with Crippen LogP contribution < -0.4 is 5.32 Å². The summed E-state index contributed by atoms with van der Waals surface area (Å²) in [6.07, 6.45) is 9.21. The van der Waals surface area contributed by atoms with Crippen molar-refractivity contribution in [3.63, 3.8) is 0 Å². The van der Waals surface area contributed by atoms with E-state index in [0.29, 0.717) is 12.1 Å². The summed E-state index contributed by atoms with van der Waals surface area (Å²) in [7, 11) is 0. The van der Waals surface area contributed by atoms with E-state index in [9.17, 15) is 0 Å². The zero-order valence-electron chi connectivity index (χ0n) is 10.7. The van der Waals surface area contributed by atoms with E-state index in [4.69, 9.17) is 0 Å². The lowest BCUT2D eigenvalue weighted by Crippen LogP contribution is -2.22. The lowest BCUT2D eigenvalue weighted by atomic mass is 9.95. The zero-order valence-corrected chi connectivity index (χ0v) is 10.7. The van der Waals surface area contributed by atoms with Crippen LogP contribution in [0.15, 0.2) is 0 Å². The van der Waals surface area contributed by atoms with Crippen molar-refractivity contribution >= 4 is 0 Å². The molecule has 2 heterocycles. The van der Waals surface area contributed by atoms with Gasteiger partial charge in [-0.05, 0) is 39.2 Å². The van der Waals surface area contributed by atoms with Gasteiger partial charge in [0.05, 0.1) is 6.04 Å². The fourth-order valence-corrected chi connectivity index (χ4v) is 3.32. The minimum Gasteiger partial charge on any atom is -0.311 e. The predicted octanol–water partition coefficient (Wildman–Crippen LogP) is 2.52. The van der Waals surface area contributed by atoms with Crippen molar-refractivity contribution in [3.8, 4) is 0 Å². The lowest BCUT2D eigenvalue weighted by molar-refractivity contribution is 0.333. The average Bonchev–Trinajstić information content (AvgIpc) is 2.98. The fourth-order valence-electron chi connectivity index (χ4n) is 3.32. The molecule has 3 rings (SSSR count). The number of nitrogens with one attached hydrogen (secondary N) is 1. The molecule has 1 aliphatic carbocycles. The highest BCUT2D eigenvalue weighted by Gasteiger charge is 2.27. The summed E-state index contributed by atoms with van der Waals surface area (Å²) >= 11 is 0. The molecule has 1 N–H and O–H groups in total. The molecule has 0 spiro atoms. The van der Waals surface area contributed by atoms with Crippen LogP contribution in [-0.2, 0) is 0 Å². The first-order chi connectivity index (χ1) is 8.36. The Balaban J connectivity index is 1.88. The maximum absolute atomic E-state index is 4.42. The molecule has 2 aliphatic rings. The highest BCUT2D eigenvalue weighted by atomic mass is 15.3. The second-order valence-electron chi connectivity index (χ2n) is 5.42. The molecule has 0 amide bonds. The largest absolute Gasteiger partial charge is 0.311 e. The molecule has 1 aromatic heterocycles. The molecule has 4 nitrogen and oxygen atoms in total. The van der Waals surface area contributed by atoms with E-state index < -0.39 is 0 Å². The number of rotatable bonds is 2. The van der Waals surface area contributed by atoms with Gasteiger partial charge in [-0.1, -0.05) is 19.3 Å². The third-order valence-electron chi connectivity index (χ3n) is 4.20. The molecule has 0 radical (unpaired) electrons. The summed E-state index contributed by atoms with van der Waals surface area (Å²) in [5.74, 6) is 2.28. The van der Waals surface area contributed by atoms with Crippen molar-refractivity contribution in [3.05, 3.63) is 11.6 Å². The maximum atomic E-state index is 4.42. The van der Waals surface area contributed by atoms with Gasteiger partial charge in [0, 0.05) is 6.04 Å². The molecule has 0 aromatic carbocycles. The van der Waals surface area contributed by atoms with Crippen LogP contribution in [-0.4, -0.2) is 21.3 Å². The highest BCUT2D eigenvalue weighted by Crippen LogP contribution is 2.32. The van der Waals surface area contributed by atoms with Gasteiger partial charge in [-0.15, -0.1) is 10.2 Å². The Bertz CT molecular complexity index is 373. The maximum Gasteiger partial charge on any atom is 0.150 e. The van der Waals surface area contributed by atoms with Gasteiger partial charge in [0.2, 0.25) is 0 Å². The van der Waals surface area contributed by atoms with Gasteiger partial charge in [-0.25, -0.2) is 0 Å². The van der Waals surface area contributed by atoms with Crippen LogP contribution in [0.4, 0.5) is 0 Å². The van der Waals surface area contributed by atoms with Crippen molar-refractivity contribution in [2.24, 2.45) is 0 Å². The molecule has 1 saturated carbocycles. The SMILES string of the molecule is Cc1nnc([C@H]2CCCN2)n1C1CCCCC1. The van der Waals surface area contributed by atoms with Gasteiger partial charge in [0.1, 0.15) is 11.6 Å². The van der Waals surface area contributed by atoms with Crippen LogP contribution in [0.3, 0.4) is 0 Å². The van der Waals surface area contributed by atoms with Crippen molar-refractivity contribution in [1.29, 1.82) is 0 Å². The molecule has 1 aromatic rings. The molecule has 17 heavy (non-hydrogen) atoms. The summed E-state index contributed by atoms with van der Waals surface area (Å²) in [5.41, 5.74) is 0.